The second-order valence-corrected chi connectivity index (χ2v) is 4.82. The minimum Gasteiger partial charge on any atom is -0.481 e. The molecule has 7 heteroatoms. The highest BCUT2D eigenvalue weighted by molar-refractivity contribution is 5.72. The summed E-state index contributed by atoms with van der Waals surface area (Å²) in [6, 6.07) is 3.70. The van der Waals surface area contributed by atoms with E-state index in [9.17, 15) is 4.79 Å². The van der Waals surface area contributed by atoms with E-state index in [1.807, 2.05) is 17.0 Å². The van der Waals surface area contributed by atoms with Crippen LogP contribution in [0.1, 0.15) is 12.2 Å². The zero-order valence-electron chi connectivity index (χ0n) is 11.0. The van der Waals surface area contributed by atoms with Crippen LogP contribution in [-0.2, 0) is 4.79 Å². The van der Waals surface area contributed by atoms with Crippen molar-refractivity contribution in [2.24, 2.45) is 5.92 Å². The van der Waals surface area contributed by atoms with Gasteiger partial charge in [-0.15, -0.1) is 0 Å². The predicted octanol–water partition coefficient (Wildman–Crippen LogP) is 1.35. The Balaban J connectivity index is 1.75. The van der Waals surface area contributed by atoms with E-state index in [0.29, 0.717) is 31.2 Å². The number of aliphatic carboxylic acids is 1. The van der Waals surface area contributed by atoms with Gasteiger partial charge in [0.15, 0.2) is 5.82 Å². The van der Waals surface area contributed by atoms with Crippen LogP contribution in [-0.4, -0.2) is 39.3 Å². The molecule has 20 heavy (non-hydrogen) atoms. The SMILES string of the molecule is Cc1noc(-c2ccc(N3CC[C@@H](C(=O)O)C3)nc2)n1. The minimum absolute atomic E-state index is 0.310. The van der Waals surface area contributed by atoms with Gasteiger partial charge in [-0.2, -0.15) is 4.98 Å². The highest BCUT2D eigenvalue weighted by Gasteiger charge is 2.28. The normalized spacial score (nSPS) is 18.4. The second kappa shape index (κ2) is 4.92. The number of hydrogen-bond donors (Lipinski definition) is 1. The Morgan fingerprint density at radius 3 is 2.90 bits per heavy atom. The first-order chi connectivity index (χ1) is 9.63. The van der Waals surface area contributed by atoms with Crippen molar-refractivity contribution in [2.45, 2.75) is 13.3 Å². The molecular formula is C13H14N4O3. The fourth-order valence-corrected chi connectivity index (χ4v) is 2.28. The smallest absolute Gasteiger partial charge is 0.308 e. The zero-order chi connectivity index (χ0) is 14.1. The first kappa shape index (κ1) is 12.6. The van der Waals surface area contributed by atoms with Gasteiger partial charge >= 0.3 is 5.97 Å². The first-order valence-corrected chi connectivity index (χ1v) is 6.38. The molecule has 104 valence electrons. The third-order valence-electron chi connectivity index (χ3n) is 3.38. The number of nitrogens with zero attached hydrogens (tertiary/aromatic N) is 4. The average molecular weight is 274 g/mol. The van der Waals surface area contributed by atoms with E-state index in [1.165, 1.54) is 0 Å². The summed E-state index contributed by atoms with van der Waals surface area (Å²) in [5.74, 6) is 0.730. The van der Waals surface area contributed by atoms with E-state index in [4.69, 9.17) is 9.63 Å². The Kier molecular flexibility index (Phi) is 3.09. The number of hydrogen-bond acceptors (Lipinski definition) is 6. The highest BCUT2D eigenvalue weighted by atomic mass is 16.5. The molecule has 3 heterocycles. The van der Waals surface area contributed by atoms with Crippen LogP contribution in [0.15, 0.2) is 22.9 Å². The Hall–Kier alpha value is -2.44. The molecule has 0 aromatic carbocycles. The number of carboxylic acids is 1. The third-order valence-corrected chi connectivity index (χ3v) is 3.38. The standard InChI is InChI=1S/C13H14N4O3/c1-8-15-12(20-16-8)9-2-3-11(14-6-9)17-5-4-10(7-17)13(18)19/h2-3,6,10H,4-5,7H2,1H3,(H,18,19)/t10-/m1/s1. The van der Waals surface area contributed by atoms with Crippen LogP contribution in [0.5, 0.6) is 0 Å². The predicted molar refractivity (Wildman–Crippen MR) is 70.2 cm³/mol. The van der Waals surface area contributed by atoms with Crippen molar-refractivity contribution >= 4 is 11.8 Å². The van der Waals surface area contributed by atoms with Gasteiger partial charge in [0.2, 0.25) is 0 Å². The molecule has 0 amide bonds. The summed E-state index contributed by atoms with van der Waals surface area (Å²) in [7, 11) is 0. The average Bonchev–Trinajstić information content (AvgIpc) is 3.08. The molecule has 2 aromatic rings. The van der Waals surface area contributed by atoms with Crippen LogP contribution in [0.2, 0.25) is 0 Å². The lowest BCUT2D eigenvalue weighted by atomic mass is 10.1. The molecular weight excluding hydrogens is 260 g/mol. The maximum Gasteiger partial charge on any atom is 0.308 e. The largest absolute Gasteiger partial charge is 0.481 e. The molecule has 1 N–H and O–H groups in total. The summed E-state index contributed by atoms with van der Waals surface area (Å²) in [6.45, 7) is 2.97. The van der Waals surface area contributed by atoms with E-state index in [-0.39, 0.29) is 5.92 Å². The molecule has 0 saturated carbocycles. The summed E-state index contributed by atoms with van der Waals surface area (Å²) in [4.78, 5) is 21.4. The molecule has 1 fully saturated rings. The maximum atomic E-state index is 10.9. The number of aromatic nitrogens is 3. The van der Waals surface area contributed by atoms with Crippen molar-refractivity contribution < 1.29 is 14.4 Å². The molecule has 1 saturated heterocycles. The van der Waals surface area contributed by atoms with Crippen molar-refractivity contribution in [2.75, 3.05) is 18.0 Å². The lowest BCUT2D eigenvalue weighted by Crippen LogP contribution is -2.23. The second-order valence-electron chi connectivity index (χ2n) is 4.82. The summed E-state index contributed by atoms with van der Waals surface area (Å²) in [6.07, 6.45) is 2.32. The molecule has 3 rings (SSSR count). The summed E-state index contributed by atoms with van der Waals surface area (Å²) >= 11 is 0. The quantitative estimate of drug-likeness (QED) is 0.903. The van der Waals surface area contributed by atoms with Crippen LogP contribution in [0.3, 0.4) is 0 Å². The number of anilines is 1. The monoisotopic (exact) mass is 274 g/mol. The van der Waals surface area contributed by atoms with Gasteiger partial charge in [-0.1, -0.05) is 5.16 Å². The van der Waals surface area contributed by atoms with Gasteiger partial charge in [0.1, 0.15) is 5.82 Å². The summed E-state index contributed by atoms with van der Waals surface area (Å²) < 4.78 is 5.07. The Morgan fingerprint density at radius 2 is 2.35 bits per heavy atom. The van der Waals surface area contributed by atoms with E-state index in [1.54, 1.807) is 13.1 Å². The van der Waals surface area contributed by atoms with Crippen LogP contribution >= 0.6 is 0 Å². The van der Waals surface area contributed by atoms with Gasteiger partial charge in [-0.3, -0.25) is 4.79 Å². The minimum atomic E-state index is -0.745. The van der Waals surface area contributed by atoms with Crippen LogP contribution in [0.25, 0.3) is 11.5 Å². The van der Waals surface area contributed by atoms with Crippen LogP contribution < -0.4 is 4.90 Å². The highest BCUT2D eigenvalue weighted by Crippen LogP contribution is 2.24. The fraction of sp³-hybridized carbons (Fsp3) is 0.385. The molecule has 1 aliphatic rings. The van der Waals surface area contributed by atoms with E-state index >= 15 is 0 Å². The molecule has 0 radical (unpaired) electrons. The molecule has 1 aliphatic heterocycles. The van der Waals surface area contributed by atoms with E-state index in [2.05, 4.69) is 15.1 Å². The molecule has 1 atom stereocenters. The number of carboxylic acid groups (broad SMARTS) is 1. The fourth-order valence-electron chi connectivity index (χ4n) is 2.28. The molecule has 0 spiro atoms. The summed E-state index contributed by atoms with van der Waals surface area (Å²) in [5, 5.41) is 12.7. The van der Waals surface area contributed by atoms with Crippen molar-refractivity contribution in [3.63, 3.8) is 0 Å². The number of rotatable bonds is 3. The Labute approximate surface area is 115 Å². The van der Waals surface area contributed by atoms with Gasteiger partial charge in [-0.25, -0.2) is 4.98 Å². The number of carbonyl (C=O) groups is 1. The van der Waals surface area contributed by atoms with Gasteiger partial charge < -0.3 is 14.5 Å². The number of pyridine rings is 1. The van der Waals surface area contributed by atoms with Crippen molar-refractivity contribution in [1.29, 1.82) is 0 Å². The van der Waals surface area contributed by atoms with Crippen LogP contribution in [0.4, 0.5) is 5.82 Å². The van der Waals surface area contributed by atoms with Crippen molar-refractivity contribution in [1.82, 2.24) is 15.1 Å². The van der Waals surface area contributed by atoms with E-state index < -0.39 is 5.97 Å². The molecule has 0 aliphatic carbocycles. The van der Waals surface area contributed by atoms with Crippen molar-refractivity contribution in [3.8, 4) is 11.5 Å². The topological polar surface area (TPSA) is 92.4 Å². The lowest BCUT2D eigenvalue weighted by Gasteiger charge is -2.16. The zero-order valence-corrected chi connectivity index (χ0v) is 11.0. The molecule has 7 nitrogen and oxygen atoms in total. The molecule has 0 bridgehead atoms. The first-order valence-electron chi connectivity index (χ1n) is 6.38. The Morgan fingerprint density at radius 1 is 1.50 bits per heavy atom. The van der Waals surface area contributed by atoms with Crippen LogP contribution in [0, 0.1) is 12.8 Å². The van der Waals surface area contributed by atoms with Gasteiger partial charge in [-0.05, 0) is 25.5 Å². The van der Waals surface area contributed by atoms with Gasteiger partial charge in [0.25, 0.3) is 5.89 Å². The van der Waals surface area contributed by atoms with Crippen molar-refractivity contribution in [3.05, 3.63) is 24.2 Å². The van der Waals surface area contributed by atoms with E-state index in [0.717, 1.165) is 11.4 Å². The van der Waals surface area contributed by atoms with Gasteiger partial charge in [0.05, 0.1) is 11.5 Å². The molecule has 0 unspecified atom stereocenters. The maximum absolute atomic E-state index is 10.9. The third kappa shape index (κ3) is 2.34. The number of aryl methyl sites for hydroxylation is 1. The summed E-state index contributed by atoms with van der Waals surface area (Å²) in [5.41, 5.74) is 0.753. The molecule has 2 aromatic heterocycles. The lowest BCUT2D eigenvalue weighted by molar-refractivity contribution is -0.140. The Bertz CT molecular complexity index is 623. The van der Waals surface area contributed by atoms with Gasteiger partial charge in [0, 0.05) is 19.3 Å².